The van der Waals surface area contributed by atoms with Gasteiger partial charge < -0.3 is 4.43 Å². The Balaban J connectivity index is 2.96. The molecule has 0 spiro atoms. The molecule has 9 heavy (non-hydrogen) atoms. The Labute approximate surface area is 63.4 Å². The molecule has 0 aromatic carbocycles. The molecule has 1 atom stereocenters. The van der Waals surface area contributed by atoms with Gasteiger partial charge in [-0.25, -0.2) is 0 Å². The van der Waals surface area contributed by atoms with E-state index in [1.807, 2.05) is 5.70 Å². The number of hydrogen-bond donors (Lipinski definition) is 0. The second kappa shape index (κ2) is 6.33. The zero-order chi connectivity index (χ0) is 7.11. The van der Waals surface area contributed by atoms with Crippen LogP contribution in [0.15, 0.2) is 12.3 Å². The Morgan fingerprint density at radius 2 is 2.44 bits per heavy atom. The van der Waals surface area contributed by atoms with Crippen molar-refractivity contribution in [3.8, 4) is 0 Å². The van der Waals surface area contributed by atoms with Crippen molar-refractivity contribution in [2.45, 2.75) is 13.0 Å². The standard InChI is InChI=1S/C6H13ClOSi/c1-3-9(2)8-6-4-5-7/h3,9H,1,4-6H2,2H3. The normalized spacial score (nSPS) is 13.1. The van der Waals surface area contributed by atoms with Crippen LogP contribution >= 0.6 is 11.6 Å². The highest BCUT2D eigenvalue weighted by Gasteiger charge is 1.95. The molecule has 0 aliphatic rings. The molecular formula is C6H13ClOSi. The van der Waals surface area contributed by atoms with E-state index in [-0.39, 0.29) is 0 Å². The fourth-order valence-corrected chi connectivity index (χ4v) is 1.18. The minimum atomic E-state index is -1.01. The van der Waals surface area contributed by atoms with Gasteiger partial charge in [0.2, 0.25) is 0 Å². The molecule has 0 fully saturated rings. The molecular weight excluding hydrogens is 152 g/mol. The fourth-order valence-electron chi connectivity index (χ4n) is 0.392. The Morgan fingerprint density at radius 1 is 1.78 bits per heavy atom. The van der Waals surface area contributed by atoms with E-state index >= 15 is 0 Å². The Bertz CT molecular complexity index is 77.5. The van der Waals surface area contributed by atoms with E-state index in [4.69, 9.17) is 16.0 Å². The molecule has 0 aliphatic carbocycles. The van der Waals surface area contributed by atoms with Crippen LogP contribution in [0.4, 0.5) is 0 Å². The van der Waals surface area contributed by atoms with Crippen LogP contribution in [0.25, 0.3) is 0 Å². The van der Waals surface area contributed by atoms with Crippen molar-refractivity contribution in [1.82, 2.24) is 0 Å². The van der Waals surface area contributed by atoms with Crippen LogP contribution in [0.3, 0.4) is 0 Å². The van der Waals surface area contributed by atoms with Crippen LogP contribution in [0.2, 0.25) is 6.55 Å². The van der Waals surface area contributed by atoms with Crippen molar-refractivity contribution in [3.05, 3.63) is 12.3 Å². The van der Waals surface area contributed by atoms with Crippen LogP contribution < -0.4 is 0 Å². The Kier molecular flexibility index (Phi) is 6.47. The van der Waals surface area contributed by atoms with E-state index < -0.39 is 9.04 Å². The van der Waals surface area contributed by atoms with Gasteiger partial charge in [-0.1, -0.05) is 5.70 Å². The van der Waals surface area contributed by atoms with Crippen LogP contribution in [0.1, 0.15) is 6.42 Å². The minimum absolute atomic E-state index is 0.693. The van der Waals surface area contributed by atoms with Crippen molar-refractivity contribution >= 4 is 20.6 Å². The van der Waals surface area contributed by atoms with Gasteiger partial charge in [-0.3, -0.25) is 0 Å². The molecule has 0 bridgehead atoms. The smallest absolute Gasteiger partial charge is 0.197 e. The first-order valence-corrected chi connectivity index (χ1v) is 5.94. The second-order valence-corrected chi connectivity index (χ2v) is 4.45. The maximum absolute atomic E-state index is 5.44. The van der Waals surface area contributed by atoms with Gasteiger partial charge in [-0.05, 0) is 13.0 Å². The van der Waals surface area contributed by atoms with Crippen LogP contribution in [-0.4, -0.2) is 21.5 Å². The highest BCUT2D eigenvalue weighted by molar-refractivity contribution is 6.55. The van der Waals surface area contributed by atoms with E-state index in [0.717, 1.165) is 13.0 Å². The Morgan fingerprint density at radius 3 is 2.89 bits per heavy atom. The summed E-state index contributed by atoms with van der Waals surface area (Å²) in [6.45, 7) is 6.54. The van der Waals surface area contributed by atoms with Crippen LogP contribution in [0, 0.1) is 0 Å². The quantitative estimate of drug-likeness (QED) is 0.342. The molecule has 0 aromatic heterocycles. The lowest BCUT2D eigenvalue weighted by Gasteiger charge is -2.04. The molecule has 0 radical (unpaired) electrons. The van der Waals surface area contributed by atoms with Crippen molar-refractivity contribution < 1.29 is 4.43 Å². The third kappa shape index (κ3) is 6.09. The summed E-state index contributed by atoms with van der Waals surface area (Å²) < 4.78 is 5.37. The molecule has 0 amide bonds. The summed E-state index contributed by atoms with van der Waals surface area (Å²) in [5.74, 6) is 0.693. The summed E-state index contributed by atoms with van der Waals surface area (Å²) in [5.41, 5.74) is 1.91. The topological polar surface area (TPSA) is 9.23 Å². The monoisotopic (exact) mass is 164 g/mol. The summed E-state index contributed by atoms with van der Waals surface area (Å²) in [6.07, 6.45) is 0.951. The van der Waals surface area contributed by atoms with Gasteiger partial charge in [0.05, 0.1) is 0 Å². The first-order valence-electron chi connectivity index (χ1n) is 3.11. The van der Waals surface area contributed by atoms with E-state index in [2.05, 4.69) is 13.1 Å². The Hall–Kier alpha value is 0.207. The molecule has 3 heteroatoms. The average molecular weight is 165 g/mol. The zero-order valence-electron chi connectivity index (χ0n) is 5.77. The highest BCUT2D eigenvalue weighted by Crippen LogP contribution is 1.90. The van der Waals surface area contributed by atoms with E-state index in [1.54, 1.807) is 0 Å². The summed E-state index contributed by atoms with van der Waals surface area (Å²) in [5, 5.41) is 0. The first kappa shape index (κ1) is 9.21. The molecule has 0 aliphatic heterocycles. The van der Waals surface area contributed by atoms with Crippen molar-refractivity contribution in [2.24, 2.45) is 0 Å². The third-order valence-electron chi connectivity index (χ3n) is 0.991. The van der Waals surface area contributed by atoms with Gasteiger partial charge >= 0.3 is 0 Å². The summed E-state index contributed by atoms with van der Waals surface area (Å²) in [7, 11) is -1.01. The van der Waals surface area contributed by atoms with Gasteiger partial charge in [0.1, 0.15) is 0 Å². The SMILES string of the molecule is C=C[SiH](C)OCCCCl. The third-order valence-corrected chi connectivity index (χ3v) is 2.68. The number of halogens is 1. The summed E-state index contributed by atoms with van der Waals surface area (Å²) in [6, 6.07) is 0. The maximum atomic E-state index is 5.44. The maximum Gasteiger partial charge on any atom is 0.197 e. The zero-order valence-corrected chi connectivity index (χ0v) is 7.68. The van der Waals surface area contributed by atoms with E-state index in [9.17, 15) is 0 Å². The van der Waals surface area contributed by atoms with Crippen molar-refractivity contribution in [2.75, 3.05) is 12.5 Å². The summed E-state index contributed by atoms with van der Waals surface area (Å²) >= 11 is 5.44. The largest absolute Gasteiger partial charge is 0.416 e. The first-order chi connectivity index (χ1) is 4.31. The molecule has 1 nitrogen and oxygen atoms in total. The number of alkyl halides is 1. The van der Waals surface area contributed by atoms with Crippen LogP contribution in [0.5, 0.6) is 0 Å². The van der Waals surface area contributed by atoms with Crippen molar-refractivity contribution in [3.63, 3.8) is 0 Å². The van der Waals surface area contributed by atoms with Gasteiger partial charge in [-0.2, -0.15) is 0 Å². The molecule has 1 unspecified atom stereocenters. The lowest BCUT2D eigenvalue weighted by atomic mass is 10.5. The number of hydrogen-bond acceptors (Lipinski definition) is 1. The van der Waals surface area contributed by atoms with E-state index in [1.165, 1.54) is 0 Å². The molecule has 0 N–H and O–H groups in total. The van der Waals surface area contributed by atoms with Crippen LogP contribution in [-0.2, 0) is 4.43 Å². The van der Waals surface area contributed by atoms with Gasteiger partial charge in [0.25, 0.3) is 0 Å². The fraction of sp³-hybridized carbons (Fsp3) is 0.667. The predicted molar refractivity (Wildman–Crippen MR) is 44.5 cm³/mol. The molecule has 54 valence electrons. The summed E-state index contributed by atoms with van der Waals surface area (Å²) in [4.78, 5) is 0. The lowest BCUT2D eigenvalue weighted by molar-refractivity contribution is 0.330. The molecule has 0 aromatic rings. The average Bonchev–Trinajstić information content (AvgIpc) is 1.89. The van der Waals surface area contributed by atoms with Gasteiger partial charge in [-0.15, -0.1) is 18.2 Å². The molecule has 0 heterocycles. The molecule has 0 rings (SSSR count). The van der Waals surface area contributed by atoms with Gasteiger partial charge in [0, 0.05) is 12.5 Å². The lowest BCUT2D eigenvalue weighted by Crippen LogP contribution is -2.10. The van der Waals surface area contributed by atoms with Gasteiger partial charge in [0.15, 0.2) is 9.04 Å². The second-order valence-electron chi connectivity index (χ2n) is 1.85. The minimum Gasteiger partial charge on any atom is -0.416 e. The molecule has 0 saturated carbocycles. The highest BCUT2D eigenvalue weighted by atomic mass is 35.5. The predicted octanol–water partition coefficient (Wildman–Crippen LogP) is 1.71. The van der Waals surface area contributed by atoms with Crippen molar-refractivity contribution in [1.29, 1.82) is 0 Å². The number of rotatable bonds is 5. The van der Waals surface area contributed by atoms with E-state index in [0.29, 0.717) is 5.88 Å². The molecule has 0 saturated heterocycles.